The summed E-state index contributed by atoms with van der Waals surface area (Å²) in [5.74, 6) is 0.242. The first-order valence-corrected chi connectivity index (χ1v) is 9.32. The Morgan fingerprint density at radius 1 is 1.04 bits per heavy atom. The molecule has 0 heterocycles. The molecule has 1 N–H and O–H groups in total. The second-order valence-electron chi connectivity index (χ2n) is 5.63. The van der Waals surface area contributed by atoms with Crippen LogP contribution in [0.5, 0.6) is 5.75 Å². The molecule has 0 amide bonds. The molecule has 3 aromatic rings. The van der Waals surface area contributed by atoms with Gasteiger partial charge in [0, 0.05) is 11.9 Å². The third kappa shape index (κ3) is 3.97. The van der Waals surface area contributed by atoms with Crippen LogP contribution in [0.4, 0.5) is 4.39 Å². The van der Waals surface area contributed by atoms with Crippen LogP contribution in [0.1, 0.15) is 5.56 Å². The van der Waals surface area contributed by atoms with Crippen molar-refractivity contribution in [1.82, 2.24) is 4.72 Å². The molecule has 3 aromatic carbocycles. The zero-order chi connectivity index (χ0) is 17.9. The van der Waals surface area contributed by atoms with Crippen LogP contribution in [0.15, 0.2) is 65.6 Å². The van der Waals surface area contributed by atoms with Gasteiger partial charge in [-0.2, -0.15) is 0 Å². The fraction of sp³-hybridized carbons (Fsp3) is 0.158. The summed E-state index contributed by atoms with van der Waals surface area (Å²) < 4.78 is 45.9. The molecule has 0 spiro atoms. The Bertz CT molecular complexity index is 997. The molecule has 0 aliphatic rings. The van der Waals surface area contributed by atoms with E-state index >= 15 is 0 Å². The lowest BCUT2D eigenvalue weighted by molar-refractivity contribution is 0.326. The van der Waals surface area contributed by atoms with Gasteiger partial charge in [0.1, 0.15) is 18.2 Å². The molecule has 0 fully saturated rings. The number of aryl methyl sites for hydroxylation is 1. The van der Waals surface area contributed by atoms with Gasteiger partial charge in [-0.05, 0) is 42.1 Å². The number of rotatable bonds is 6. The topological polar surface area (TPSA) is 55.4 Å². The number of ether oxygens (including phenoxy) is 1. The summed E-state index contributed by atoms with van der Waals surface area (Å²) in [6.07, 6.45) is 0. The van der Waals surface area contributed by atoms with Crippen LogP contribution in [-0.4, -0.2) is 21.6 Å². The third-order valence-electron chi connectivity index (χ3n) is 3.83. The Morgan fingerprint density at radius 3 is 2.60 bits per heavy atom. The fourth-order valence-corrected chi connectivity index (χ4v) is 3.89. The molecule has 3 rings (SSSR count). The van der Waals surface area contributed by atoms with Crippen molar-refractivity contribution in [2.24, 2.45) is 0 Å². The van der Waals surface area contributed by atoms with E-state index in [2.05, 4.69) is 4.72 Å². The first-order chi connectivity index (χ1) is 12.0. The van der Waals surface area contributed by atoms with E-state index in [-0.39, 0.29) is 18.0 Å². The average molecular weight is 359 g/mol. The van der Waals surface area contributed by atoms with Crippen molar-refractivity contribution in [3.63, 3.8) is 0 Å². The van der Waals surface area contributed by atoms with Gasteiger partial charge >= 0.3 is 0 Å². The van der Waals surface area contributed by atoms with Gasteiger partial charge in [0.2, 0.25) is 10.0 Å². The highest BCUT2D eigenvalue weighted by atomic mass is 32.2. The van der Waals surface area contributed by atoms with E-state index in [1.807, 2.05) is 42.5 Å². The SMILES string of the molecule is Cc1cc(F)ccc1S(=O)(=O)NCCOc1cccc2ccccc12. The van der Waals surface area contributed by atoms with Gasteiger partial charge in [-0.3, -0.25) is 0 Å². The quantitative estimate of drug-likeness (QED) is 0.684. The fourth-order valence-electron chi connectivity index (χ4n) is 2.65. The van der Waals surface area contributed by atoms with Crippen LogP contribution in [-0.2, 0) is 10.0 Å². The van der Waals surface area contributed by atoms with E-state index in [1.54, 1.807) is 6.92 Å². The van der Waals surface area contributed by atoms with Crippen molar-refractivity contribution in [3.8, 4) is 5.75 Å². The normalized spacial score (nSPS) is 11.6. The zero-order valence-corrected chi connectivity index (χ0v) is 14.5. The van der Waals surface area contributed by atoms with Crippen LogP contribution < -0.4 is 9.46 Å². The highest BCUT2D eigenvalue weighted by Crippen LogP contribution is 2.25. The number of fused-ring (bicyclic) bond motifs is 1. The van der Waals surface area contributed by atoms with Crippen molar-refractivity contribution < 1.29 is 17.5 Å². The van der Waals surface area contributed by atoms with Crippen molar-refractivity contribution in [3.05, 3.63) is 72.0 Å². The van der Waals surface area contributed by atoms with E-state index in [0.717, 1.165) is 16.8 Å². The summed E-state index contributed by atoms with van der Waals surface area (Å²) in [6.45, 7) is 1.86. The summed E-state index contributed by atoms with van der Waals surface area (Å²) in [5, 5.41) is 2.03. The largest absolute Gasteiger partial charge is 0.492 e. The lowest BCUT2D eigenvalue weighted by atomic mass is 10.1. The Hall–Kier alpha value is -2.44. The van der Waals surface area contributed by atoms with E-state index in [0.29, 0.717) is 11.3 Å². The summed E-state index contributed by atoms with van der Waals surface area (Å²) >= 11 is 0. The molecule has 0 unspecified atom stereocenters. The monoisotopic (exact) mass is 359 g/mol. The summed E-state index contributed by atoms with van der Waals surface area (Å²) in [6, 6.07) is 17.1. The number of nitrogens with one attached hydrogen (secondary N) is 1. The zero-order valence-electron chi connectivity index (χ0n) is 13.7. The molecule has 0 atom stereocenters. The van der Waals surface area contributed by atoms with Gasteiger partial charge in [0.05, 0.1) is 4.90 Å². The van der Waals surface area contributed by atoms with E-state index in [1.165, 1.54) is 12.1 Å². The molecule has 0 saturated carbocycles. The number of hydrogen-bond donors (Lipinski definition) is 1. The van der Waals surface area contributed by atoms with Crippen LogP contribution in [0, 0.1) is 12.7 Å². The second-order valence-corrected chi connectivity index (χ2v) is 7.37. The van der Waals surface area contributed by atoms with Crippen molar-refractivity contribution in [1.29, 1.82) is 0 Å². The van der Waals surface area contributed by atoms with Crippen LogP contribution in [0.3, 0.4) is 0 Å². The molecule has 0 aliphatic heterocycles. The van der Waals surface area contributed by atoms with Gasteiger partial charge in [-0.25, -0.2) is 17.5 Å². The summed E-state index contributed by atoms with van der Waals surface area (Å²) in [4.78, 5) is 0.0686. The minimum Gasteiger partial charge on any atom is -0.492 e. The molecule has 130 valence electrons. The molecule has 4 nitrogen and oxygen atoms in total. The smallest absolute Gasteiger partial charge is 0.240 e. The Morgan fingerprint density at radius 2 is 1.80 bits per heavy atom. The van der Waals surface area contributed by atoms with Crippen molar-refractivity contribution in [2.75, 3.05) is 13.2 Å². The lowest BCUT2D eigenvalue weighted by Gasteiger charge is -2.11. The molecule has 6 heteroatoms. The maximum atomic E-state index is 13.1. The standard InChI is InChI=1S/C19H18FNO3S/c1-14-13-16(20)9-10-19(14)25(22,23)21-11-12-24-18-8-4-6-15-5-2-3-7-17(15)18/h2-10,13,21H,11-12H2,1H3. The molecule has 25 heavy (non-hydrogen) atoms. The van der Waals surface area contributed by atoms with Gasteiger partial charge in [0.25, 0.3) is 0 Å². The van der Waals surface area contributed by atoms with Gasteiger partial charge in [-0.15, -0.1) is 0 Å². The van der Waals surface area contributed by atoms with Crippen LogP contribution >= 0.6 is 0 Å². The maximum absolute atomic E-state index is 13.1. The first-order valence-electron chi connectivity index (χ1n) is 7.84. The van der Waals surface area contributed by atoms with Crippen LogP contribution in [0.2, 0.25) is 0 Å². The number of benzene rings is 3. The second kappa shape index (κ2) is 7.21. The number of sulfonamides is 1. The minimum atomic E-state index is -3.70. The van der Waals surface area contributed by atoms with E-state index in [9.17, 15) is 12.8 Å². The third-order valence-corrected chi connectivity index (χ3v) is 5.45. The van der Waals surface area contributed by atoms with Gasteiger partial charge < -0.3 is 4.74 Å². The Labute approximate surface area is 146 Å². The number of halogens is 1. The predicted octanol–water partition coefficient (Wildman–Crippen LogP) is 3.64. The first kappa shape index (κ1) is 17.4. The highest BCUT2D eigenvalue weighted by Gasteiger charge is 2.16. The van der Waals surface area contributed by atoms with Crippen molar-refractivity contribution >= 4 is 20.8 Å². The summed E-state index contributed by atoms with van der Waals surface area (Å²) in [7, 11) is -3.70. The molecule has 0 saturated heterocycles. The average Bonchev–Trinajstić information content (AvgIpc) is 2.58. The predicted molar refractivity (Wildman–Crippen MR) is 95.8 cm³/mol. The van der Waals surface area contributed by atoms with E-state index in [4.69, 9.17) is 4.74 Å². The molecule has 0 aliphatic carbocycles. The van der Waals surface area contributed by atoms with Crippen LogP contribution in [0.25, 0.3) is 10.8 Å². The number of hydrogen-bond acceptors (Lipinski definition) is 3. The van der Waals surface area contributed by atoms with Gasteiger partial charge in [0.15, 0.2) is 0 Å². The molecule has 0 aromatic heterocycles. The maximum Gasteiger partial charge on any atom is 0.240 e. The lowest BCUT2D eigenvalue weighted by Crippen LogP contribution is -2.28. The highest BCUT2D eigenvalue weighted by molar-refractivity contribution is 7.89. The summed E-state index contributed by atoms with van der Waals surface area (Å²) in [5.41, 5.74) is 0.363. The van der Waals surface area contributed by atoms with E-state index < -0.39 is 15.8 Å². The molecule has 0 bridgehead atoms. The molecular formula is C19H18FNO3S. The van der Waals surface area contributed by atoms with Gasteiger partial charge in [-0.1, -0.05) is 36.4 Å². The molecular weight excluding hydrogens is 341 g/mol. The minimum absolute atomic E-state index is 0.0686. The molecule has 0 radical (unpaired) electrons. The Balaban J connectivity index is 1.64. The Kier molecular flexibility index (Phi) is 5.01. The van der Waals surface area contributed by atoms with Crippen molar-refractivity contribution in [2.45, 2.75) is 11.8 Å².